The van der Waals surface area contributed by atoms with E-state index in [1.165, 1.54) is 0 Å². The quantitative estimate of drug-likeness (QED) is 0.518. The van der Waals surface area contributed by atoms with Gasteiger partial charge in [0.1, 0.15) is 0 Å². The molecule has 0 fully saturated rings. The molecule has 5 heteroatoms. The molecule has 4 rings (SSSR count). The number of hydrogen-bond acceptors (Lipinski definition) is 4. The van der Waals surface area contributed by atoms with E-state index < -0.39 is 8.07 Å². The van der Waals surface area contributed by atoms with E-state index in [9.17, 15) is 0 Å². The van der Waals surface area contributed by atoms with E-state index >= 15 is 0 Å². The molecule has 27 heavy (non-hydrogen) atoms. The molecule has 0 radical (unpaired) electrons. The Labute approximate surface area is 160 Å². The first-order valence-electron chi connectivity index (χ1n) is 8.91. The molecule has 0 atom stereocenters. The molecule has 132 valence electrons. The van der Waals surface area contributed by atoms with E-state index in [2.05, 4.69) is 35.2 Å². The van der Waals surface area contributed by atoms with Gasteiger partial charge in [-0.15, -0.1) is 0 Å². The van der Waals surface area contributed by atoms with Crippen LogP contribution in [-0.2, 0) is 0 Å². The fourth-order valence-corrected chi connectivity index (χ4v) is 4.92. The van der Waals surface area contributed by atoms with E-state index in [4.69, 9.17) is 9.97 Å². The van der Waals surface area contributed by atoms with E-state index in [1.54, 1.807) is 0 Å². The number of rotatable bonds is 4. The van der Waals surface area contributed by atoms with Gasteiger partial charge in [0.05, 0.1) is 11.9 Å². The molecule has 0 spiro atoms. The molecule has 0 bridgehead atoms. The van der Waals surface area contributed by atoms with Crippen molar-refractivity contribution in [1.82, 2.24) is 19.9 Å². The maximum Gasteiger partial charge on any atom is 0.160 e. The zero-order chi connectivity index (χ0) is 18.7. The minimum atomic E-state index is -2.11. The summed E-state index contributed by atoms with van der Waals surface area (Å²) in [5.74, 6) is 0.751. The van der Waals surface area contributed by atoms with Crippen LogP contribution in [0.4, 0.5) is 0 Å². The number of aromatic nitrogens is 4. The molecule has 0 amide bonds. The Kier molecular flexibility index (Phi) is 4.60. The van der Waals surface area contributed by atoms with E-state index in [0.29, 0.717) is 0 Å². The lowest BCUT2D eigenvalue weighted by molar-refractivity contribution is 1.19. The predicted octanol–water partition coefficient (Wildman–Crippen LogP) is 3.42. The van der Waals surface area contributed by atoms with Crippen LogP contribution in [0.15, 0.2) is 85.3 Å². The Hall–Kier alpha value is -3.18. The zero-order valence-corrected chi connectivity index (χ0v) is 16.4. The largest absolute Gasteiger partial charge is 0.261 e. The molecule has 0 aliphatic rings. The molecule has 0 N–H and O–H groups in total. The second-order valence-corrected chi connectivity index (χ2v) is 11.2. The molecule has 0 saturated heterocycles. The van der Waals surface area contributed by atoms with Crippen molar-refractivity contribution in [1.29, 1.82) is 0 Å². The van der Waals surface area contributed by atoms with E-state index in [-0.39, 0.29) is 0 Å². The highest BCUT2D eigenvalue weighted by atomic mass is 28.3. The van der Waals surface area contributed by atoms with Crippen LogP contribution in [0.3, 0.4) is 0 Å². The molecule has 0 aliphatic carbocycles. The highest BCUT2D eigenvalue weighted by Crippen LogP contribution is 2.15. The minimum absolute atomic E-state index is 0.751. The van der Waals surface area contributed by atoms with Gasteiger partial charge in [0.15, 0.2) is 13.9 Å². The summed E-state index contributed by atoms with van der Waals surface area (Å²) < 4.78 is 0. The average molecular weight is 369 g/mol. The van der Waals surface area contributed by atoms with Gasteiger partial charge in [-0.1, -0.05) is 73.8 Å². The molecule has 4 nitrogen and oxygen atoms in total. The van der Waals surface area contributed by atoms with Crippen molar-refractivity contribution in [3.8, 4) is 22.6 Å². The SMILES string of the molecule is C[Si](C)(c1cncc(-c2ccccc2)n1)c1ccnc(-c2ccccc2)n1. The third-order valence-electron chi connectivity index (χ3n) is 4.67. The summed E-state index contributed by atoms with van der Waals surface area (Å²) in [7, 11) is -2.11. The van der Waals surface area contributed by atoms with Gasteiger partial charge in [0.2, 0.25) is 0 Å². The fraction of sp³-hybridized carbons (Fsp3) is 0.0909. The normalized spacial score (nSPS) is 11.3. The van der Waals surface area contributed by atoms with Crippen LogP contribution in [0.1, 0.15) is 0 Å². The number of nitrogens with zero attached hydrogens (tertiary/aromatic N) is 4. The smallest absolute Gasteiger partial charge is 0.160 e. The van der Waals surface area contributed by atoms with Gasteiger partial charge in [0.25, 0.3) is 0 Å². The van der Waals surface area contributed by atoms with Crippen molar-refractivity contribution < 1.29 is 0 Å². The summed E-state index contributed by atoms with van der Waals surface area (Å²) >= 11 is 0. The molecule has 0 saturated carbocycles. The predicted molar refractivity (Wildman–Crippen MR) is 112 cm³/mol. The third-order valence-corrected chi connectivity index (χ3v) is 7.75. The van der Waals surface area contributed by atoms with Crippen molar-refractivity contribution in [2.24, 2.45) is 0 Å². The van der Waals surface area contributed by atoms with Crippen LogP contribution in [0.5, 0.6) is 0 Å². The fourth-order valence-electron chi connectivity index (χ4n) is 2.98. The second kappa shape index (κ2) is 7.21. The monoisotopic (exact) mass is 368 g/mol. The van der Waals surface area contributed by atoms with Crippen LogP contribution in [0, 0.1) is 0 Å². The minimum Gasteiger partial charge on any atom is -0.261 e. The molecule has 0 aliphatic heterocycles. The van der Waals surface area contributed by atoms with Gasteiger partial charge in [-0.2, -0.15) is 0 Å². The molecule has 2 aromatic carbocycles. The molecule has 4 aromatic rings. The van der Waals surface area contributed by atoms with Gasteiger partial charge >= 0.3 is 0 Å². The Morgan fingerprint density at radius 2 is 1.33 bits per heavy atom. The maximum atomic E-state index is 4.93. The Morgan fingerprint density at radius 1 is 0.667 bits per heavy atom. The number of hydrogen-bond donors (Lipinski definition) is 0. The first kappa shape index (κ1) is 17.2. The lowest BCUT2D eigenvalue weighted by Crippen LogP contribution is -2.56. The first-order valence-corrected chi connectivity index (χ1v) is 11.9. The van der Waals surface area contributed by atoms with Crippen molar-refractivity contribution >= 4 is 18.7 Å². The van der Waals surface area contributed by atoms with Gasteiger partial charge in [-0.25, -0.2) is 9.97 Å². The van der Waals surface area contributed by atoms with Crippen molar-refractivity contribution in [3.05, 3.63) is 85.3 Å². The Morgan fingerprint density at radius 3 is 2.04 bits per heavy atom. The van der Waals surface area contributed by atoms with Gasteiger partial charge < -0.3 is 0 Å². The van der Waals surface area contributed by atoms with Gasteiger partial charge in [-0.3, -0.25) is 9.97 Å². The van der Waals surface area contributed by atoms with Gasteiger partial charge in [-0.05, 0) is 6.07 Å². The Balaban J connectivity index is 1.74. The van der Waals surface area contributed by atoms with Crippen molar-refractivity contribution in [2.45, 2.75) is 13.1 Å². The van der Waals surface area contributed by atoms with Crippen LogP contribution in [0.2, 0.25) is 13.1 Å². The summed E-state index contributed by atoms with van der Waals surface area (Å²) in [6.07, 6.45) is 5.54. The standard InChI is InChI=1S/C22H20N4Si/c1-27(2,20-13-14-24-22(26-20)18-11-7-4-8-12-18)21-16-23-15-19(25-21)17-9-5-3-6-10-17/h3-16H,1-2H3. The lowest BCUT2D eigenvalue weighted by Gasteiger charge is -2.21. The van der Waals surface area contributed by atoms with E-state index in [0.717, 1.165) is 33.3 Å². The highest BCUT2D eigenvalue weighted by molar-refractivity contribution is 6.99. The van der Waals surface area contributed by atoms with Crippen LogP contribution in [-0.4, -0.2) is 28.0 Å². The summed E-state index contributed by atoms with van der Waals surface area (Å²) in [5, 5.41) is 2.07. The summed E-state index contributed by atoms with van der Waals surface area (Å²) in [6.45, 7) is 4.51. The van der Waals surface area contributed by atoms with Crippen LogP contribution >= 0.6 is 0 Å². The molecular formula is C22H20N4Si. The maximum absolute atomic E-state index is 4.93. The lowest BCUT2D eigenvalue weighted by atomic mass is 10.2. The Bertz CT molecular complexity index is 965. The molecule has 0 unspecified atom stereocenters. The van der Waals surface area contributed by atoms with Crippen LogP contribution in [0.25, 0.3) is 22.6 Å². The highest BCUT2D eigenvalue weighted by Gasteiger charge is 2.30. The summed E-state index contributed by atoms with van der Waals surface area (Å²) in [5.41, 5.74) is 2.99. The van der Waals surface area contributed by atoms with Crippen molar-refractivity contribution in [2.75, 3.05) is 0 Å². The van der Waals surface area contributed by atoms with E-state index in [1.807, 2.05) is 73.2 Å². The molecule has 2 heterocycles. The zero-order valence-electron chi connectivity index (χ0n) is 15.4. The first-order chi connectivity index (χ1) is 13.1. The third kappa shape index (κ3) is 3.54. The molecular weight excluding hydrogens is 348 g/mol. The topological polar surface area (TPSA) is 51.6 Å². The molecule has 2 aromatic heterocycles. The van der Waals surface area contributed by atoms with Gasteiger partial charge in [0, 0.05) is 34.2 Å². The number of benzene rings is 2. The average Bonchev–Trinajstić information content (AvgIpc) is 2.75. The second-order valence-electron chi connectivity index (χ2n) is 6.91. The summed E-state index contributed by atoms with van der Waals surface area (Å²) in [6, 6.07) is 22.2. The van der Waals surface area contributed by atoms with Crippen LogP contribution < -0.4 is 10.6 Å². The van der Waals surface area contributed by atoms with Crippen molar-refractivity contribution in [3.63, 3.8) is 0 Å². The summed E-state index contributed by atoms with van der Waals surface area (Å²) in [4.78, 5) is 18.7.